The van der Waals surface area contributed by atoms with Crippen LogP contribution < -0.4 is 15.0 Å². The molecule has 0 radical (unpaired) electrons. The van der Waals surface area contributed by atoms with Crippen LogP contribution in [0, 0.1) is 5.82 Å². The SMILES string of the molecule is CC(C)Oc1cccc(CN2CCC3(CC2)C(NC2CCCCCC2)=NC(=O)N3c2cccc(F)c2)c1. The lowest BCUT2D eigenvalue weighted by atomic mass is 9.84. The third-order valence-electron chi connectivity index (χ3n) is 7.89. The minimum absolute atomic E-state index is 0.137. The summed E-state index contributed by atoms with van der Waals surface area (Å²) in [6.07, 6.45) is 8.77. The largest absolute Gasteiger partial charge is 0.491 e. The molecule has 7 heteroatoms. The number of hydrogen-bond acceptors (Lipinski definition) is 4. The van der Waals surface area contributed by atoms with Crippen LogP contribution in [0.15, 0.2) is 53.5 Å². The van der Waals surface area contributed by atoms with Gasteiger partial charge in [0.2, 0.25) is 0 Å². The number of amides is 2. The number of piperidine rings is 1. The highest BCUT2D eigenvalue weighted by atomic mass is 19.1. The molecule has 5 rings (SSSR count). The minimum Gasteiger partial charge on any atom is -0.491 e. The van der Waals surface area contributed by atoms with Crippen molar-refractivity contribution in [1.82, 2.24) is 10.2 Å². The summed E-state index contributed by atoms with van der Waals surface area (Å²) < 4.78 is 20.1. The van der Waals surface area contributed by atoms with Crippen LogP contribution in [0.25, 0.3) is 0 Å². The zero-order valence-electron chi connectivity index (χ0n) is 22.1. The highest BCUT2D eigenvalue weighted by Gasteiger charge is 2.52. The maximum absolute atomic E-state index is 14.2. The summed E-state index contributed by atoms with van der Waals surface area (Å²) in [5, 5.41) is 3.71. The van der Waals surface area contributed by atoms with Gasteiger partial charge in [0.05, 0.1) is 6.10 Å². The summed E-state index contributed by atoms with van der Waals surface area (Å²) in [4.78, 5) is 22.1. The van der Waals surface area contributed by atoms with E-state index in [1.807, 2.05) is 32.0 Å². The van der Waals surface area contributed by atoms with Gasteiger partial charge >= 0.3 is 6.03 Å². The molecule has 198 valence electrons. The third kappa shape index (κ3) is 5.82. The highest BCUT2D eigenvalue weighted by Crippen LogP contribution is 2.39. The molecule has 2 aliphatic heterocycles. The fraction of sp³-hybridized carbons (Fsp3) is 0.533. The lowest BCUT2D eigenvalue weighted by Gasteiger charge is -2.45. The number of urea groups is 1. The molecule has 1 saturated carbocycles. The fourth-order valence-corrected chi connectivity index (χ4v) is 6.08. The van der Waals surface area contributed by atoms with Gasteiger partial charge < -0.3 is 10.1 Å². The van der Waals surface area contributed by atoms with E-state index >= 15 is 0 Å². The predicted molar refractivity (Wildman–Crippen MR) is 146 cm³/mol. The van der Waals surface area contributed by atoms with E-state index in [9.17, 15) is 9.18 Å². The number of carbonyl (C=O) groups excluding carboxylic acids is 1. The molecule has 2 heterocycles. The Balaban J connectivity index is 1.36. The van der Waals surface area contributed by atoms with Gasteiger partial charge in [0, 0.05) is 31.4 Å². The van der Waals surface area contributed by atoms with Crippen LogP contribution in [-0.2, 0) is 6.54 Å². The molecular weight excluding hydrogens is 467 g/mol. The number of nitrogens with zero attached hydrogens (tertiary/aromatic N) is 3. The van der Waals surface area contributed by atoms with E-state index < -0.39 is 5.54 Å². The molecule has 2 aromatic rings. The molecular formula is C30H39FN4O2. The summed E-state index contributed by atoms with van der Waals surface area (Å²) in [7, 11) is 0. The molecule has 2 aromatic carbocycles. The van der Waals surface area contributed by atoms with Gasteiger partial charge in [-0.2, -0.15) is 4.99 Å². The molecule has 0 atom stereocenters. The van der Waals surface area contributed by atoms with Crippen molar-refractivity contribution in [3.8, 4) is 5.75 Å². The normalized spacial score (nSPS) is 20.8. The van der Waals surface area contributed by atoms with E-state index in [1.165, 1.54) is 43.4 Å². The van der Waals surface area contributed by atoms with Crippen LogP contribution in [0.4, 0.5) is 14.9 Å². The van der Waals surface area contributed by atoms with Crippen molar-refractivity contribution in [3.63, 3.8) is 0 Å². The van der Waals surface area contributed by atoms with Crippen molar-refractivity contribution in [1.29, 1.82) is 0 Å². The Labute approximate surface area is 219 Å². The zero-order chi connectivity index (χ0) is 25.8. The van der Waals surface area contributed by atoms with Crippen LogP contribution in [0.5, 0.6) is 5.75 Å². The van der Waals surface area contributed by atoms with Gasteiger partial charge in [-0.15, -0.1) is 0 Å². The van der Waals surface area contributed by atoms with E-state index in [2.05, 4.69) is 27.3 Å². The van der Waals surface area contributed by atoms with Crippen molar-refractivity contribution in [2.45, 2.75) is 89.4 Å². The van der Waals surface area contributed by atoms with Crippen molar-refractivity contribution >= 4 is 17.6 Å². The summed E-state index contributed by atoms with van der Waals surface area (Å²) in [5.74, 6) is 1.33. The molecule has 37 heavy (non-hydrogen) atoms. The number of carbonyl (C=O) groups is 1. The Hall–Kier alpha value is -2.93. The van der Waals surface area contributed by atoms with Crippen molar-refractivity contribution in [2.75, 3.05) is 18.0 Å². The molecule has 0 unspecified atom stereocenters. The van der Waals surface area contributed by atoms with Gasteiger partial charge in [-0.25, -0.2) is 9.18 Å². The molecule has 0 bridgehead atoms. The van der Waals surface area contributed by atoms with Crippen molar-refractivity contribution in [2.24, 2.45) is 4.99 Å². The topological polar surface area (TPSA) is 57.2 Å². The van der Waals surface area contributed by atoms with E-state index in [1.54, 1.807) is 11.0 Å². The monoisotopic (exact) mass is 506 g/mol. The Kier molecular flexibility index (Phi) is 7.79. The smallest absolute Gasteiger partial charge is 0.350 e. The summed E-state index contributed by atoms with van der Waals surface area (Å²) >= 11 is 0. The second kappa shape index (κ2) is 11.2. The minimum atomic E-state index is -0.573. The van der Waals surface area contributed by atoms with E-state index in [0.717, 1.165) is 56.9 Å². The first kappa shape index (κ1) is 25.7. The second-order valence-electron chi connectivity index (χ2n) is 11.0. The quantitative estimate of drug-likeness (QED) is 0.467. The average molecular weight is 507 g/mol. The summed E-state index contributed by atoms with van der Waals surface area (Å²) in [5.41, 5.74) is 1.22. The number of ether oxygens (including phenoxy) is 1. The van der Waals surface area contributed by atoms with Gasteiger partial charge in [0.1, 0.15) is 22.9 Å². The van der Waals surface area contributed by atoms with Crippen LogP contribution >= 0.6 is 0 Å². The molecule has 1 aliphatic carbocycles. The lowest BCUT2D eigenvalue weighted by Crippen LogP contribution is -2.61. The van der Waals surface area contributed by atoms with Crippen molar-refractivity contribution < 1.29 is 13.9 Å². The number of anilines is 1. The fourth-order valence-electron chi connectivity index (χ4n) is 6.08. The van der Waals surface area contributed by atoms with Gasteiger partial charge in [-0.1, -0.05) is 43.9 Å². The van der Waals surface area contributed by atoms with E-state index in [0.29, 0.717) is 11.7 Å². The molecule has 2 fully saturated rings. The Bertz CT molecular complexity index is 1120. The number of benzene rings is 2. The van der Waals surface area contributed by atoms with Gasteiger partial charge in [-0.05, 0) is 75.4 Å². The molecule has 6 nitrogen and oxygen atoms in total. The number of aliphatic imine (C=N–C) groups is 1. The molecule has 1 spiro atoms. The first-order valence-electron chi connectivity index (χ1n) is 13.9. The van der Waals surface area contributed by atoms with Crippen LogP contribution in [0.1, 0.15) is 70.8 Å². The maximum atomic E-state index is 14.2. The Morgan fingerprint density at radius 3 is 2.49 bits per heavy atom. The van der Waals surface area contributed by atoms with E-state index in [-0.39, 0.29) is 18.0 Å². The number of likely N-dealkylation sites (tertiary alicyclic amines) is 1. The number of rotatable bonds is 6. The van der Waals surface area contributed by atoms with Crippen LogP contribution in [-0.4, -0.2) is 47.5 Å². The maximum Gasteiger partial charge on any atom is 0.350 e. The first-order valence-corrected chi connectivity index (χ1v) is 13.9. The second-order valence-corrected chi connectivity index (χ2v) is 11.0. The summed E-state index contributed by atoms with van der Waals surface area (Å²) in [6.45, 7) is 6.53. The van der Waals surface area contributed by atoms with Gasteiger partial charge in [0.25, 0.3) is 0 Å². The number of halogens is 1. The molecule has 1 N–H and O–H groups in total. The molecule has 1 saturated heterocycles. The van der Waals surface area contributed by atoms with Crippen LogP contribution in [0.2, 0.25) is 0 Å². The van der Waals surface area contributed by atoms with E-state index in [4.69, 9.17) is 4.74 Å². The highest BCUT2D eigenvalue weighted by molar-refractivity contribution is 6.16. The average Bonchev–Trinajstić information content (AvgIpc) is 3.00. The van der Waals surface area contributed by atoms with Crippen molar-refractivity contribution in [3.05, 3.63) is 59.9 Å². The number of nitrogens with one attached hydrogen (secondary N) is 1. The molecule has 0 aromatic heterocycles. The Morgan fingerprint density at radius 2 is 1.78 bits per heavy atom. The number of hydrogen-bond donors (Lipinski definition) is 1. The van der Waals surface area contributed by atoms with Gasteiger partial charge in [0.15, 0.2) is 0 Å². The third-order valence-corrected chi connectivity index (χ3v) is 7.89. The number of amidine groups is 1. The van der Waals surface area contributed by atoms with Gasteiger partial charge in [-0.3, -0.25) is 9.80 Å². The Morgan fingerprint density at radius 1 is 1.05 bits per heavy atom. The summed E-state index contributed by atoms with van der Waals surface area (Å²) in [6, 6.07) is 14.7. The zero-order valence-corrected chi connectivity index (χ0v) is 22.1. The van der Waals surface area contributed by atoms with Crippen LogP contribution in [0.3, 0.4) is 0 Å². The molecule has 3 aliphatic rings. The lowest BCUT2D eigenvalue weighted by molar-refractivity contribution is 0.181. The molecule has 2 amide bonds. The first-order chi connectivity index (χ1) is 17.9. The standard InChI is InChI=1S/C30H39FN4O2/c1-22(2)37-27-14-7-9-23(19-27)21-34-17-15-30(16-18-34)28(32-25-11-5-3-4-6-12-25)33-29(36)35(30)26-13-8-10-24(31)20-26/h7-10,13-14,19-20,22,25H,3-6,11-12,15-18,21H2,1-2H3,(H,32,33,36). The predicted octanol–water partition coefficient (Wildman–Crippen LogP) is 6.30.